The number of fused-ring (bicyclic) bond motifs is 1. The van der Waals surface area contributed by atoms with Crippen LogP contribution in [0.3, 0.4) is 0 Å². The first kappa shape index (κ1) is 16.2. The standard InChI is InChI=1S/C19H22N2O3/c1-14(2)24-17-9-5-3-7-15(17)20-19(22)13-21-11-12-23-18-10-6-4-8-16(18)21/h3-10,14H,11-13H2,1-2H3,(H,20,22). The van der Waals surface area contributed by atoms with Crippen LogP contribution in [0, 0.1) is 0 Å². The second-order valence-corrected chi connectivity index (χ2v) is 5.95. The molecule has 126 valence electrons. The van der Waals surface area contributed by atoms with Crippen molar-refractivity contribution in [3.63, 3.8) is 0 Å². The second-order valence-electron chi connectivity index (χ2n) is 5.95. The fourth-order valence-corrected chi connectivity index (χ4v) is 2.68. The highest BCUT2D eigenvalue weighted by Crippen LogP contribution is 2.31. The number of amides is 1. The van der Waals surface area contributed by atoms with Gasteiger partial charge in [-0.2, -0.15) is 0 Å². The predicted octanol–water partition coefficient (Wildman–Crippen LogP) is 3.31. The molecule has 2 aromatic rings. The van der Waals surface area contributed by atoms with Gasteiger partial charge < -0.3 is 19.7 Å². The Kier molecular flexibility index (Phi) is 4.89. The minimum absolute atomic E-state index is 0.0502. The third-order valence-corrected chi connectivity index (χ3v) is 3.68. The molecule has 0 fully saturated rings. The molecule has 5 nitrogen and oxygen atoms in total. The van der Waals surface area contributed by atoms with Crippen LogP contribution in [-0.2, 0) is 4.79 Å². The van der Waals surface area contributed by atoms with Crippen LogP contribution in [0.2, 0.25) is 0 Å². The van der Waals surface area contributed by atoms with Crippen LogP contribution in [0.25, 0.3) is 0 Å². The maximum absolute atomic E-state index is 12.5. The van der Waals surface area contributed by atoms with Gasteiger partial charge >= 0.3 is 0 Å². The fraction of sp³-hybridized carbons (Fsp3) is 0.316. The monoisotopic (exact) mass is 326 g/mol. The molecule has 0 unspecified atom stereocenters. The number of nitrogens with one attached hydrogen (secondary N) is 1. The Morgan fingerprint density at radius 1 is 1.21 bits per heavy atom. The molecule has 0 spiro atoms. The van der Waals surface area contributed by atoms with Gasteiger partial charge in [-0.15, -0.1) is 0 Å². The largest absolute Gasteiger partial charge is 0.490 e. The summed E-state index contributed by atoms with van der Waals surface area (Å²) in [6, 6.07) is 15.3. The molecular formula is C19H22N2O3. The van der Waals surface area contributed by atoms with Crippen molar-refractivity contribution < 1.29 is 14.3 Å². The molecule has 1 aliphatic rings. The Morgan fingerprint density at radius 2 is 1.96 bits per heavy atom. The topological polar surface area (TPSA) is 50.8 Å². The van der Waals surface area contributed by atoms with Crippen molar-refractivity contribution in [2.75, 3.05) is 29.9 Å². The first-order valence-corrected chi connectivity index (χ1v) is 8.16. The van der Waals surface area contributed by atoms with Crippen LogP contribution in [-0.4, -0.2) is 31.7 Å². The maximum Gasteiger partial charge on any atom is 0.243 e. The SMILES string of the molecule is CC(C)Oc1ccccc1NC(=O)CN1CCOc2ccccc21. The number of carbonyl (C=O) groups is 1. The molecule has 3 rings (SSSR count). The summed E-state index contributed by atoms with van der Waals surface area (Å²) in [7, 11) is 0. The van der Waals surface area contributed by atoms with Crippen LogP contribution < -0.4 is 19.7 Å². The van der Waals surface area contributed by atoms with Crippen LogP contribution >= 0.6 is 0 Å². The molecule has 1 N–H and O–H groups in total. The molecule has 0 aliphatic carbocycles. The van der Waals surface area contributed by atoms with Crippen molar-refractivity contribution in [3.05, 3.63) is 48.5 Å². The molecule has 5 heteroatoms. The maximum atomic E-state index is 12.5. The molecule has 0 saturated heterocycles. The Balaban J connectivity index is 1.69. The lowest BCUT2D eigenvalue weighted by Gasteiger charge is -2.30. The zero-order valence-electron chi connectivity index (χ0n) is 14.0. The highest BCUT2D eigenvalue weighted by Gasteiger charge is 2.20. The molecule has 0 bridgehead atoms. The number of rotatable bonds is 5. The summed E-state index contributed by atoms with van der Waals surface area (Å²) in [6.07, 6.45) is 0.0502. The van der Waals surface area contributed by atoms with Crippen molar-refractivity contribution in [2.45, 2.75) is 20.0 Å². The van der Waals surface area contributed by atoms with Gasteiger partial charge in [0.2, 0.25) is 5.91 Å². The molecule has 1 aliphatic heterocycles. The van der Waals surface area contributed by atoms with Gasteiger partial charge in [0, 0.05) is 0 Å². The Labute approximate surface area is 142 Å². The summed E-state index contributed by atoms with van der Waals surface area (Å²) in [5, 5.41) is 2.95. The van der Waals surface area contributed by atoms with E-state index in [1.165, 1.54) is 0 Å². The van der Waals surface area contributed by atoms with Crippen molar-refractivity contribution in [1.29, 1.82) is 0 Å². The molecule has 0 atom stereocenters. The first-order chi connectivity index (χ1) is 11.6. The minimum atomic E-state index is -0.0773. The zero-order valence-corrected chi connectivity index (χ0v) is 14.0. The lowest BCUT2D eigenvalue weighted by atomic mass is 10.2. The van der Waals surface area contributed by atoms with Gasteiger partial charge in [0.1, 0.15) is 18.1 Å². The number of ether oxygens (including phenoxy) is 2. The second kappa shape index (κ2) is 7.25. The van der Waals surface area contributed by atoms with E-state index in [-0.39, 0.29) is 18.6 Å². The van der Waals surface area contributed by atoms with E-state index in [2.05, 4.69) is 5.32 Å². The smallest absolute Gasteiger partial charge is 0.243 e. The van der Waals surface area contributed by atoms with Crippen molar-refractivity contribution in [2.24, 2.45) is 0 Å². The highest BCUT2D eigenvalue weighted by atomic mass is 16.5. The average molecular weight is 326 g/mol. The van der Waals surface area contributed by atoms with Crippen LogP contribution in [0.1, 0.15) is 13.8 Å². The highest BCUT2D eigenvalue weighted by molar-refractivity contribution is 5.95. The molecule has 2 aromatic carbocycles. The summed E-state index contributed by atoms with van der Waals surface area (Å²) < 4.78 is 11.4. The van der Waals surface area contributed by atoms with Gasteiger partial charge in [-0.25, -0.2) is 0 Å². The number of hydrogen-bond donors (Lipinski definition) is 1. The molecular weight excluding hydrogens is 304 g/mol. The summed E-state index contributed by atoms with van der Waals surface area (Å²) in [5.74, 6) is 1.43. The van der Waals surface area contributed by atoms with Crippen molar-refractivity contribution in [1.82, 2.24) is 0 Å². The number of para-hydroxylation sites is 4. The first-order valence-electron chi connectivity index (χ1n) is 8.16. The lowest BCUT2D eigenvalue weighted by Crippen LogP contribution is -2.38. The van der Waals surface area contributed by atoms with Crippen molar-refractivity contribution in [3.8, 4) is 11.5 Å². The van der Waals surface area contributed by atoms with Gasteiger partial charge in [0.15, 0.2) is 0 Å². The Hall–Kier alpha value is -2.69. The number of benzene rings is 2. The Bertz CT molecular complexity index is 715. The third-order valence-electron chi connectivity index (χ3n) is 3.68. The summed E-state index contributed by atoms with van der Waals surface area (Å²) in [6.45, 7) is 5.47. The van der Waals surface area contributed by atoms with Crippen LogP contribution in [0.15, 0.2) is 48.5 Å². The van der Waals surface area contributed by atoms with Gasteiger partial charge in [0.05, 0.1) is 30.6 Å². The molecule has 24 heavy (non-hydrogen) atoms. The number of anilines is 2. The number of carbonyl (C=O) groups excluding carboxylic acids is 1. The Morgan fingerprint density at radius 3 is 2.79 bits per heavy atom. The molecule has 1 heterocycles. The van der Waals surface area contributed by atoms with Gasteiger partial charge in [-0.05, 0) is 38.1 Å². The van der Waals surface area contributed by atoms with E-state index in [9.17, 15) is 4.79 Å². The fourth-order valence-electron chi connectivity index (χ4n) is 2.68. The summed E-state index contributed by atoms with van der Waals surface area (Å²) in [5.41, 5.74) is 1.64. The van der Waals surface area contributed by atoms with E-state index in [1.807, 2.05) is 67.3 Å². The third kappa shape index (κ3) is 3.79. The molecule has 0 aromatic heterocycles. The van der Waals surface area contributed by atoms with Gasteiger partial charge in [-0.3, -0.25) is 4.79 Å². The number of hydrogen-bond acceptors (Lipinski definition) is 4. The molecule has 0 saturated carbocycles. The summed E-state index contributed by atoms with van der Waals surface area (Å²) in [4.78, 5) is 14.5. The molecule has 0 radical (unpaired) electrons. The van der Waals surface area contributed by atoms with Crippen LogP contribution in [0.5, 0.6) is 11.5 Å². The van der Waals surface area contributed by atoms with Crippen molar-refractivity contribution >= 4 is 17.3 Å². The lowest BCUT2D eigenvalue weighted by molar-refractivity contribution is -0.115. The quantitative estimate of drug-likeness (QED) is 0.916. The predicted molar refractivity (Wildman–Crippen MR) is 95.0 cm³/mol. The van der Waals surface area contributed by atoms with E-state index in [1.54, 1.807) is 0 Å². The van der Waals surface area contributed by atoms with Crippen LogP contribution in [0.4, 0.5) is 11.4 Å². The van der Waals surface area contributed by atoms with Gasteiger partial charge in [0.25, 0.3) is 0 Å². The van der Waals surface area contributed by atoms with E-state index < -0.39 is 0 Å². The summed E-state index contributed by atoms with van der Waals surface area (Å²) >= 11 is 0. The van der Waals surface area contributed by atoms with E-state index in [0.717, 1.165) is 11.4 Å². The van der Waals surface area contributed by atoms with E-state index in [0.29, 0.717) is 24.6 Å². The zero-order chi connectivity index (χ0) is 16.9. The molecule has 1 amide bonds. The van der Waals surface area contributed by atoms with Gasteiger partial charge in [-0.1, -0.05) is 24.3 Å². The average Bonchev–Trinajstić information content (AvgIpc) is 2.56. The minimum Gasteiger partial charge on any atom is -0.490 e. The van der Waals surface area contributed by atoms with E-state index >= 15 is 0 Å². The normalized spacial score (nSPS) is 13.2. The number of nitrogens with zero attached hydrogens (tertiary/aromatic N) is 1. The van der Waals surface area contributed by atoms with E-state index in [4.69, 9.17) is 9.47 Å².